The van der Waals surface area contributed by atoms with Crippen LogP contribution in [0, 0.1) is 0 Å². The number of aromatic nitrogens is 1. The molecular weight excluding hydrogens is 412 g/mol. The molecule has 0 bridgehead atoms. The number of ether oxygens (including phenoxy) is 4. The lowest BCUT2D eigenvalue weighted by molar-refractivity contribution is -0.133. The fourth-order valence-corrected chi connectivity index (χ4v) is 3.63. The Bertz CT molecular complexity index is 825. The van der Waals surface area contributed by atoms with Gasteiger partial charge in [-0.25, -0.2) is 0 Å². The molecule has 0 aliphatic carbocycles. The number of nitrogens with zero attached hydrogens (tertiary/aromatic N) is 2. The SMILES string of the molecule is COc1cc(-c2cc(CN(CC3CCCO3)C(=O)CCCl)no2)cc(OC)c1OC. The first kappa shape index (κ1) is 22.2. The Labute approximate surface area is 181 Å². The summed E-state index contributed by atoms with van der Waals surface area (Å²) in [6.45, 7) is 1.57. The zero-order valence-electron chi connectivity index (χ0n) is 17.5. The monoisotopic (exact) mass is 438 g/mol. The van der Waals surface area contributed by atoms with Gasteiger partial charge in [0, 0.05) is 37.1 Å². The number of hydrogen-bond donors (Lipinski definition) is 0. The summed E-state index contributed by atoms with van der Waals surface area (Å²) in [6.07, 6.45) is 2.27. The van der Waals surface area contributed by atoms with Gasteiger partial charge in [0.15, 0.2) is 17.3 Å². The molecule has 164 valence electrons. The first-order chi connectivity index (χ1) is 14.6. The van der Waals surface area contributed by atoms with Gasteiger partial charge in [0.2, 0.25) is 11.7 Å². The molecule has 0 saturated carbocycles. The van der Waals surface area contributed by atoms with Crippen molar-refractivity contribution in [2.24, 2.45) is 0 Å². The summed E-state index contributed by atoms with van der Waals surface area (Å²) in [5.74, 6) is 2.31. The zero-order chi connectivity index (χ0) is 21.5. The molecule has 1 aromatic carbocycles. The van der Waals surface area contributed by atoms with Gasteiger partial charge in [-0.1, -0.05) is 5.16 Å². The molecule has 1 amide bonds. The molecule has 9 heteroatoms. The Morgan fingerprint density at radius 2 is 1.93 bits per heavy atom. The highest BCUT2D eigenvalue weighted by molar-refractivity contribution is 6.18. The normalized spacial score (nSPS) is 15.8. The molecule has 30 heavy (non-hydrogen) atoms. The number of rotatable bonds is 10. The maximum absolute atomic E-state index is 12.5. The van der Waals surface area contributed by atoms with Crippen LogP contribution in [0.1, 0.15) is 25.0 Å². The van der Waals surface area contributed by atoms with E-state index < -0.39 is 0 Å². The number of alkyl halides is 1. The minimum Gasteiger partial charge on any atom is -0.493 e. The molecule has 1 unspecified atom stereocenters. The van der Waals surface area contributed by atoms with Crippen LogP contribution in [0.5, 0.6) is 17.2 Å². The molecule has 1 aromatic heterocycles. The lowest BCUT2D eigenvalue weighted by Crippen LogP contribution is -2.37. The van der Waals surface area contributed by atoms with Gasteiger partial charge in [-0.15, -0.1) is 11.6 Å². The Kier molecular flexibility index (Phi) is 7.81. The van der Waals surface area contributed by atoms with Crippen LogP contribution in [-0.2, 0) is 16.1 Å². The van der Waals surface area contributed by atoms with E-state index in [0.717, 1.165) is 25.0 Å². The number of amides is 1. The minimum absolute atomic E-state index is 0.0298. The van der Waals surface area contributed by atoms with Gasteiger partial charge in [-0.05, 0) is 25.0 Å². The highest BCUT2D eigenvalue weighted by atomic mass is 35.5. The number of benzene rings is 1. The number of carbonyl (C=O) groups is 1. The molecule has 1 aliphatic rings. The average Bonchev–Trinajstić information content (AvgIpc) is 3.44. The number of carbonyl (C=O) groups excluding carboxylic acids is 1. The van der Waals surface area contributed by atoms with Gasteiger partial charge < -0.3 is 28.4 Å². The van der Waals surface area contributed by atoms with Crippen molar-refractivity contribution in [3.63, 3.8) is 0 Å². The van der Waals surface area contributed by atoms with Crippen LogP contribution in [0.3, 0.4) is 0 Å². The van der Waals surface area contributed by atoms with E-state index in [2.05, 4.69) is 5.16 Å². The Hall–Kier alpha value is -2.45. The molecule has 2 heterocycles. The summed E-state index contributed by atoms with van der Waals surface area (Å²) in [7, 11) is 4.66. The van der Waals surface area contributed by atoms with Gasteiger partial charge in [0.25, 0.3) is 0 Å². The third kappa shape index (κ3) is 5.17. The van der Waals surface area contributed by atoms with Crippen molar-refractivity contribution >= 4 is 17.5 Å². The highest BCUT2D eigenvalue weighted by Crippen LogP contribution is 2.41. The molecule has 1 saturated heterocycles. The maximum atomic E-state index is 12.5. The van der Waals surface area contributed by atoms with E-state index in [1.807, 2.05) is 0 Å². The van der Waals surface area contributed by atoms with Crippen molar-refractivity contribution in [1.29, 1.82) is 0 Å². The van der Waals surface area contributed by atoms with E-state index in [1.54, 1.807) is 44.4 Å². The van der Waals surface area contributed by atoms with Gasteiger partial charge in [0.1, 0.15) is 5.69 Å². The molecule has 0 radical (unpaired) electrons. The van der Waals surface area contributed by atoms with E-state index in [4.69, 9.17) is 35.1 Å². The molecule has 8 nitrogen and oxygen atoms in total. The van der Waals surface area contributed by atoms with Crippen molar-refractivity contribution in [3.05, 3.63) is 23.9 Å². The standard InChI is InChI=1S/C21H27ClN2O6/c1-26-18-9-14(10-19(27-2)21(18)28-3)17-11-15(23-30-17)12-24(20(25)6-7-22)13-16-5-4-8-29-16/h9-11,16H,4-8,12-13H2,1-3H3. The fraction of sp³-hybridized carbons (Fsp3) is 0.524. The highest BCUT2D eigenvalue weighted by Gasteiger charge is 2.24. The Balaban J connectivity index is 1.81. The van der Waals surface area contributed by atoms with Crippen LogP contribution >= 0.6 is 11.6 Å². The third-order valence-corrected chi connectivity index (χ3v) is 5.16. The van der Waals surface area contributed by atoms with E-state index in [-0.39, 0.29) is 24.3 Å². The maximum Gasteiger partial charge on any atom is 0.224 e. The summed E-state index contributed by atoms with van der Waals surface area (Å²) in [5, 5.41) is 4.15. The second-order valence-electron chi connectivity index (χ2n) is 6.94. The van der Waals surface area contributed by atoms with Crippen LogP contribution < -0.4 is 14.2 Å². The number of methoxy groups -OCH3 is 3. The summed E-state index contributed by atoms with van der Waals surface area (Å²) in [6, 6.07) is 5.38. The van der Waals surface area contributed by atoms with Crippen molar-refractivity contribution in [2.45, 2.75) is 31.9 Å². The van der Waals surface area contributed by atoms with Crippen LogP contribution in [0.2, 0.25) is 0 Å². The molecule has 1 aliphatic heterocycles. The lowest BCUT2D eigenvalue weighted by atomic mass is 10.1. The smallest absolute Gasteiger partial charge is 0.224 e. The van der Waals surface area contributed by atoms with Crippen molar-refractivity contribution in [1.82, 2.24) is 10.1 Å². The van der Waals surface area contributed by atoms with Crippen LogP contribution in [0.4, 0.5) is 0 Å². The van der Waals surface area contributed by atoms with Gasteiger partial charge in [-0.2, -0.15) is 0 Å². The van der Waals surface area contributed by atoms with E-state index in [0.29, 0.717) is 41.8 Å². The van der Waals surface area contributed by atoms with Crippen molar-refractivity contribution < 1.29 is 28.3 Å². The largest absolute Gasteiger partial charge is 0.493 e. The molecule has 1 atom stereocenters. The van der Waals surface area contributed by atoms with Gasteiger partial charge in [-0.3, -0.25) is 4.79 Å². The fourth-order valence-electron chi connectivity index (χ4n) is 3.47. The molecule has 0 spiro atoms. The first-order valence-corrected chi connectivity index (χ1v) is 10.3. The van der Waals surface area contributed by atoms with Gasteiger partial charge in [0.05, 0.1) is 34.0 Å². The number of halogens is 1. The Morgan fingerprint density at radius 3 is 2.50 bits per heavy atom. The average molecular weight is 439 g/mol. The predicted octanol–water partition coefficient (Wildman–Crippen LogP) is 3.50. The lowest BCUT2D eigenvalue weighted by Gasteiger charge is -2.24. The molecule has 0 N–H and O–H groups in total. The van der Waals surface area contributed by atoms with E-state index in [1.165, 1.54) is 0 Å². The zero-order valence-corrected chi connectivity index (χ0v) is 18.2. The van der Waals surface area contributed by atoms with Crippen LogP contribution in [-0.4, -0.2) is 62.4 Å². The summed E-state index contributed by atoms with van der Waals surface area (Å²) in [5.41, 5.74) is 1.36. The van der Waals surface area contributed by atoms with Crippen molar-refractivity contribution in [2.75, 3.05) is 40.4 Å². The summed E-state index contributed by atoms with van der Waals surface area (Å²) in [4.78, 5) is 14.3. The molecule has 3 rings (SSSR count). The first-order valence-electron chi connectivity index (χ1n) is 9.80. The molecule has 1 fully saturated rings. The number of hydrogen-bond acceptors (Lipinski definition) is 7. The van der Waals surface area contributed by atoms with E-state index >= 15 is 0 Å². The van der Waals surface area contributed by atoms with E-state index in [9.17, 15) is 4.79 Å². The second kappa shape index (κ2) is 10.5. The van der Waals surface area contributed by atoms with Gasteiger partial charge >= 0.3 is 0 Å². The van der Waals surface area contributed by atoms with Crippen LogP contribution in [0.25, 0.3) is 11.3 Å². The molecular formula is C21H27ClN2O6. The topological polar surface area (TPSA) is 83.3 Å². The van der Waals surface area contributed by atoms with Crippen LogP contribution in [0.15, 0.2) is 22.7 Å². The second-order valence-corrected chi connectivity index (χ2v) is 7.32. The van der Waals surface area contributed by atoms with Crippen molar-refractivity contribution in [3.8, 4) is 28.6 Å². The quantitative estimate of drug-likeness (QED) is 0.525. The summed E-state index contributed by atoms with van der Waals surface area (Å²) >= 11 is 5.78. The summed E-state index contributed by atoms with van der Waals surface area (Å²) < 4.78 is 27.4. The molecule has 2 aromatic rings. The third-order valence-electron chi connectivity index (χ3n) is 4.97. The predicted molar refractivity (Wildman–Crippen MR) is 111 cm³/mol. The Morgan fingerprint density at radius 1 is 1.20 bits per heavy atom. The minimum atomic E-state index is -0.0298.